The lowest BCUT2D eigenvalue weighted by molar-refractivity contribution is 0.417. The van der Waals surface area contributed by atoms with Crippen LogP contribution in [0.2, 0.25) is 0 Å². The molecule has 8 heteroatoms. The molecule has 1 saturated heterocycles. The standard InChI is InChI=1S/C17H22N4O3S/c1-3-21(13-9-11-25(22,23)12-13)16-8-10-18-17(20-16)19-14-6-4-5-7-15(14)24-2/h4-8,10,13H,3,9,11-12H2,1-2H3,(H,18,19,20). The van der Waals surface area contributed by atoms with Gasteiger partial charge in [0.05, 0.1) is 24.3 Å². The molecule has 0 spiro atoms. The summed E-state index contributed by atoms with van der Waals surface area (Å²) in [6.45, 7) is 2.69. The fraction of sp³-hybridized carbons (Fsp3) is 0.412. The maximum Gasteiger partial charge on any atom is 0.229 e. The monoisotopic (exact) mass is 362 g/mol. The fourth-order valence-corrected chi connectivity index (χ4v) is 4.80. The first kappa shape index (κ1) is 17.5. The Bertz CT molecular complexity index is 841. The Morgan fingerprint density at radius 3 is 2.80 bits per heavy atom. The molecule has 3 rings (SSSR count). The number of methoxy groups -OCH3 is 1. The number of rotatable bonds is 6. The van der Waals surface area contributed by atoms with Crippen molar-refractivity contribution in [2.75, 3.05) is 35.4 Å². The number of ether oxygens (including phenoxy) is 1. The molecule has 0 saturated carbocycles. The Labute approximate surface area is 148 Å². The highest BCUT2D eigenvalue weighted by Crippen LogP contribution is 2.27. The second-order valence-corrected chi connectivity index (χ2v) is 8.14. The molecule has 2 heterocycles. The summed E-state index contributed by atoms with van der Waals surface area (Å²) in [6.07, 6.45) is 2.31. The fourth-order valence-electron chi connectivity index (χ4n) is 3.07. The zero-order valence-electron chi connectivity index (χ0n) is 14.3. The SMILES string of the molecule is CCN(c1ccnc(Nc2ccccc2OC)n1)C1CCS(=O)(=O)C1. The second-order valence-electron chi connectivity index (χ2n) is 5.91. The van der Waals surface area contributed by atoms with E-state index in [1.165, 1.54) is 0 Å². The lowest BCUT2D eigenvalue weighted by Crippen LogP contribution is -2.36. The van der Waals surface area contributed by atoms with E-state index in [1.807, 2.05) is 42.2 Å². The van der Waals surface area contributed by atoms with E-state index in [4.69, 9.17) is 4.74 Å². The van der Waals surface area contributed by atoms with Crippen LogP contribution in [-0.2, 0) is 9.84 Å². The van der Waals surface area contributed by atoms with Crippen molar-refractivity contribution in [1.29, 1.82) is 0 Å². The number of para-hydroxylation sites is 2. The van der Waals surface area contributed by atoms with Crippen LogP contribution in [-0.4, -0.2) is 49.6 Å². The number of hydrogen-bond donors (Lipinski definition) is 1. The van der Waals surface area contributed by atoms with Crippen molar-refractivity contribution in [2.24, 2.45) is 0 Å². The summed E-state index contributed by atoms with van der Waals surface area (Å²) >= 11 is 0. The molecule has 1 aromatic carbocycles. The van der Waals surface area contributed by atoms with Gasteiger partial charge in [0.1, 0.15) is 11.6 Å². The largest absolute Gasteiger partial charge is 0.495 e. The summed E-state index contributed by atoms with van der Waals surface area (Å²) in [7, 11) is -1.34. The molecule has 2 aromatic rings. The van der Waals surface area contributed by atoms with E-state index in [2.05, 4.69) is 15.3 Å². The number of sulfone groups is 1. The Hall–Kier alpha value is -2.35. The average molecular weight is 362 g/mol. The van der Waals surface area contributed by atoms with Crippen molar-refractivity contribution >= 4 is 27.3 Å². The van der Waals surface area contributed by atoms with Gasteiger partial charge in [0.15, 0.2) is 9.84 Å². The van der Waals surface area contributed by atoms with Crippen LogP contribution in [0.4, 0.5) is 17.5 Å². The van der Waals surface area contributed by atoms with Gasteiger partial charge < -0.3 is 15.0 Å². The molecule has 1 atom stereocenters. The Kier molecular flexibility index (Phi) is 5.08. The Morgan fingerprint density at radius 1 is 1.32 bits per heavy atom. The van der Waals surface area contributed by atoms with Gasteiger partial charge in [-0.2, -0.15) is 4.98 Å². The second kappa shape index (κ2) is 7.26. The highest BCUT2D eigenvalue weighted by atomic mass is 32.2. The molecule has 134 valence electrons. The smallest absolute Gasteiger partial charge is 0.229 e. The zero-order chi connectivity index (χ0) is 17.9. The van der Waals surface area contributed by atoms with Gasteiger partial charge in [-0.1, -0.05) is 12.1 Å². The van der Waals surface area contributed by atoms with Crippen LogP contribution in [0.1, 0.15) is 13.3 Å². The van der Waals surface area contributed by atoms with Crippen LogP contribution in [0.25, 0.3) is 0 Å². The summed E-state index contributed by atoms with van der Waals surface area (Å²) in [4.78, 5) is 10.8. The Balaban J connectivity index is 1.83. The lowest BCUT2D eigenvalue weighted by atomic mass is 10.2. The van der Waals surface area contributed by atoms with Gasteiger partial charge in [-0.05, 0) is 31.5 Å². The number of anilines is 3. The van der Waals surface area contributed by atoms with Gasteiger partial charge >= 0.3 is 0 Å². The van der Waals surface area contributed by atoms with Crippen molar-refractivity contribution in [3.05, 3.63) is 36.5 Å². The molecule has 1 fully saturated rings. The minimum atomic E-state index is -2.94. The van der Waals surface area contributed by atoms with Gasteiger partial charge in [0, 0.05) is 18.8 Å². The minimum Gasteiger partial charge on any atom is -0.495 e. The van der Waals surface area contributed by atoms with Gasteiger partial charge in [0.2, 0.25) is 5.95 Å². The maximum atomic E-state index is 11.8. The molecule has 1 N–H and O–H groups in total. The third-order valence-corrected chi connectivity index (χ3v) is 6.03. The van der Waals surface area contributed by atoms with E-state index in [-0.39, 0.29) is 17.5 Å². The molecule has 1 aliphatic heterocycles. The van der Waals surface area contributed by atoms with E-state index in [1.54, 1.807) is 13.3 Å². The van der Waals surface area contributed by atoms with E-state index in [0.717, 1.165) is 11.5 Å². The number of nitrogens with zero attached hydrogens (tertiary/aromatic N) is 3. The average Bonchev–Trinajstić information content (AvgIpc) is 2.96. The number of aromatic nitrogens is 2. The van der Waals surface area contributed by atoms with Crippen LogP contribution < -0.4 is 15.0 Å². The van der Waals surface area contributed by atoms with Crippen LogP contribution in [0.5, 0.6) is 5.75 Å². The molecular formula is C17H22N4O3S. The first-order valence-corrected chi connectivity index (χ1v) is 10.0. The first-order chi connectivity index (χ1) is 12.0. The van der Waals surface area contributed by atoms with Gasteiger partial charge in [-0.25, -0.2) is 13.4 Å². The lowest BCUT2D eigenvalue weighted by Gasteiger charge is -2.28. The number of hydrogen-bond acceptors (Lipinski definition) is 7. The predicted molar refractivity (Wildman–Crippen MR) is 98.4 cm³/mol. The molecule has 0 aliphatic carbocycles. The summed E-state index contributed by atoms with van der Waals surface area (Å²) in [5, 5.41) is 3.16. The molecule has 1 unspecified atom stereocenters. The Morgan fingerprint density at radius 2 is 2.12 bits per heavy atom. The van der Waals surface area contributed by atoms with Crippen LogP contribution in [0.15, 0.2) is 36.5 Å². The first-order valence-electron chi connectivity index (χ1n) is 8.22. The third-order valence-electron chi connectivity index (χ3n) is 4.28. The molecule has 25 heavy (non-hydrogen) atoms. The predicted octanol–water partition coefficient (Wildman–Crippen LogP) is 2.24. The number of benzene rings is 1. The summed E-state index contributed by atoms with van der Waals surface area (Å²) < 4.78 is 28.9. The summed E-state index contributed by atoms with van der Waals surface area (Å²) in [5.41, 5.74) is 0.772. The summed E-state index contributed by atoms with van der Waals surface area (Å²) in [5.74, 6) is 2.29. The summed E-state index contributed by atoms with van der Waals surface area (Å²) in [6, 6.07) is 9.30. The quantitative estimate of drug-likeness (QED) is 0.843. The molecule has 0 amide bonds. The van der Waals surface area contributed by atoms with Crippen molar-refractivity contribution < 1.29 is 13.2 Å². The molecule has 1 aromatic heterocycles. The van der Waals surface area contributed by atoms with Crippen LogP contribution in [0, 0.1) is 0 Å². The van der Waals surface area contributed by atoms with E-state index < -0.39 is 9.84 Å². The van der Waals surface area contributed by atoms with Crippen molar-refractivity contribution in [3.8, 4) is 5.75 Å². The van der Waals surface area contributed by atoms with Gasteiger partial charge in [-0.3, -0.25) is 0 Å². The van der Waals surface area contributed by atoms with Crippen LogP contribution >= 0.6 is 0 Å². The van der Waals surface area contributed by atoms with Gasteiger partial charge in [0.25, 0.3) is 0 Å². The van der Waals surface area contributed by atoms with Gasteiger partial charge in [-0.15, -0.1) is 0 Å². The third kappa shape index (κ3) is 4.01. The maximum absolute atomic E-state index is 11.8. The molecule has 0 bridgehead atoms. The van der Waals surface area contributed by atoms with Crippen molar-refractivity contribution in [3.63, 3.8) is 0 Å². The number of nitrogens with one attached hydrogen (secondary N) is 1. The molecule has 0 radical (unpaired) electrons. The zero-order valence-corrected chi connectivity index (χ0v) is 15.2. The van der Waals surface area contributed by atoms with Crippen molar-refractivity contribution in [1.82, 2.24) is 9.97 Å². The van der Waals surface area contributed by atoms with E-state index in [0.29, 0.717) is 24.7 Å². The topological polar surface area (TPSA) is 84.4 Å². The van der Waals surface area contributed by atoms with E-state index in [9.17, 15) is 8.42 Å². The van der Waals surface area contributed by atoms with Crippen molar-refractivity contribution in [2.45, 2.75) is 19.4 Å². The molecular weight excluding hydrogens is 340 g/mol. The molecule has 7 nitrogen and oxygen atoms in total. The van der Waals surface area contributed by atoms with Crippen LogP contribution in [0.3, 0.4) is 0 Å². The normalized spacial score (nSPS) is 18.7. The van der Waals surface area contributed by atoms with E-state index >= 15 is 0 Å². The highest BCUT2D eigenvalue weighted by molar-refractivity contribution is 7.91. The highest BCUT2D eigenvalue weighted by Gasteiger charge is 2.32. The minimum absolute atomic E-state index is 0.0380. The molecule has 1 aliphatic rings.